The number of nitrogens with one attached hydrogen (secondary N) is 1. The van der Waals surface area contributed by atoms with Gasteiger partial charge in [0.15, 0.2) is 5.96 Å². The molecule has 0 radical (unpaired) electrons. The Balaban J connectivity index is 0.00000625. The van der Waals surface area contributed by atoms with Gasteiger partial charge < -0.3 is 29.3 Å². The third-order valence-corrected chi connectivity index (χ3v) is 3.83. The van der Waals surface area contributed by atoms with Crippen molar-refractivity contribution < 1.29 is 19.0 Å². The number of rotatable bonds is 10. The minimum Gasteiger partial charge on any atom is -0.450 e. The first kappa shape index (κ1) is 25.2. The Morgan fingerprint density at radius 1 is 1.04 bits per heavy atom. The van der Waals surface area contributed by atoms with Crippen LogP contribution in [-0.4, -0.2) is 94.7 Å². The third kappa shape index (κ3) is 10.4. The lowest BCUT2D eigenvalue weighted by Gasteiger charge is -2.35. The van der Waals surface area contributed by atoms with Crippen LogP contribution in [-0.2, 0) is 14.2 Å². The molecule has 0 saturated carbocycles. The van der Waals surface area contributed by atoms with Gasteiger partial charge in [0.1, 0.15) is 0 Å². The van der Waals surface area contributed by atoms with E-state index in [0.717, 1.165) is 51.6 Å². The molecule has 1 saturated heterocycles. The average molecular weight is 486 g/mol. The molecule has 0 aromatic carbocycles. The molecule has 8 nitrogen and oxygen atoms in total. The van der Waals surface area contributed by atoms with Gasteiger partial charge in [-0.25, -0.2) is 4.79 Å². The van der Waals surface area contributed by atoms with E-state index < -0.39 is 0 Å². The summed E-state index contributed by atoms with van der Waals surface area (Å²) >= 11 is 0. The van der Waals surface area contributed by atoms with Crippen molar-refractivity contribution in [1.29, 1.82) is 0 Å². The van der Waals surface area contributed by atoms with Crippen LogP contribution < -0.4 is 5.32 Å². The highest BCUT2D eigenvalue weighted by atomic mass is 127. The Morgan fingerprint density at radius 3 is 2.35 bits per heavy atom. The van der Waals surface area contributed by atoms with Crippen LogP contribution in [0.1, 0.15) is 26.7 Å². The molecule has 0 aliphatic carbocycles. The first-order chi connectivity index (χ1) is 12.2. The lowest BCUT2D eigenvalue weighted by molar-refractivity contribution is 0.0690. The van der Waals surface area contributed by atoms with Gasteiger partial charge in [0, 0.05) is 53.0 Å². The summed E-state index contributed by atoms with van der Waals surface area (Å²) < 4.78 is 15.4. The summed E-state index contributed by atoms with van der Waals surface area (Å²) in [6.07, 6.45) is 1.76. The van der Waals surface area contributed by atoms with Crippen LogP contribution in [0.2, 0.25) is 0 Å². The number of ether oxygens (including phenoxy) is 3. The number of carbonyl (C=O) groups excluding carboxylic acids is 1. The van der Waals surface area contributed by atoms with Crippen molar-refractivity contribution in [2.24, 2.45) is 4.99 Å². The second-order valence-corrected chi connectivity index (χ2v) is 5.72. The van der Waals surface area contributed by atoms with Crippen molar-refractivity contribution in [1.82, 2.24) is 15.1 Å². The van der Waals surface area contributed by atoms with Crippen molar-refractivity contribution in [2.75, 3.05) is 72.8 Å². The fraction of sp³-hybridized carbons (Fsp3) is 0.882. The third-order valence-electron chi connectivity index (χ3n) is 3.83. The molecular weight excluding hydrogens is 451 g/mol. The van der Waals surface area contributed by atoms with Gasteiger partial charge in [-0.15, -0.1) is 24.0 Å². The number of guanidine groups is 1. The molecule has 154 valence electrons. The number of hydrogen-bond donors (Lipinski definition) is 1. The zero-order chi connectivity index (χ0) is 18.3. The maximum absolute atomic E-state index is 11.8. The van der Waals surface area contributed by atoms with Gasteiger partial charge in [-0.2, -0.15) is 0 Å². The fourth-order valence-electron chi connectivity index (χ4n) is 2.49. The van der Waals surface area contributed by atoms with E-state index in [4.69, 9.17) is 19.2 Å². The molecule has 1 fully saturated rings. The van der Waals surface area contributed by atoms with E-state index in [9.17, 15) is 4.79 Å². The van der Waals surface area contributed by atoms with Crippen molar-refractivity contribution in [3.63, 3.8) is 0 Å². The molecule has 1 heterocycles. The number of unbranched alkanes of at least 4 members (excludes halogenated alkanes) is 1. The molecule has 0 bridgehead atoms. The smallest absolute Gasteiger partial charge is 0.409 e. The van der Waals surface area contributed by atoms with E-state index in [-0.39, 0.29) is 30.1 Å². The Labute approximate surface area is 174 Å². The summed E-state index contributed by atoms with van der Waals surface area (Å²) in [5, 5.41) is 3.33. The van der Waals surface area contributed by atoms with Crippen LogP contribution in [0.25, 0.3) is 0 Å². The number of nitrogens with zero attached hydrogens (tertiary/aromatic N) is 3. The van der Waals surface area contributed by atoms with Gasteiger partial charge >= 0.3 is 6.09 Å². The van der Waals surface area contributed by atoms with Crippen molar-refractivity contribution in [2.45, 2.75) is 26.7 Å². The quantitative estimate of drug-likeness (QED) is 0.220. The largest absolute Gasteiger partial charge is 0.450 e. The minimum absolute atomic E-state index is 0. The van der Waals surface area contributed by atoms with E-state index in [1.807, 2.05) is 6.92 Å². The molecule has 1 N–H and O–H groups in total. The van der Waals surface area contributed by atoms with E-state index in [2.05, 4.69) is 17.1 Å². The molecule has 0 atom stereocenters. The topological polar surface area (TPSA) is 75.6 Å². The number of aliphatic imine (C=N–C) groups is 1. The molecule has 0 unspecified atom stereocenters. The first-order valence-corrected chi connectivity index (χ1v) is 9.24. The summed E-state index contributed by atoms with van der Waals surface area (Å²) in [6, 6.07) is 0. The lowest BCUT2D eigenvalue weighted by Crippen LogP contribution is -2.53. The second kappa shape index (κ2) is 16.4. The van der Waals surface area contributed by atoms with Crippen LogP contribution >= 0.6 is 24.0 Å². The maximum atomic E-state index is 11.8. The fourth-order valence-corrected chi connectivity index (χ4v) is 2.49. The molecule has 26 heavy (non-hydrogen) atoms. The molecule has 1 amide bonds. The number of halogens is 1. The van der Waals surface area contributed by atoms with E-state index in [1.165, 1.54) is 0 Å². The summed E-state index contributed by atoms with van der Waals surface area (Å²) in [5.74, 6) is 0.923. The number of methoxy groups -OCH3 is 1. The maximum Gasteiger partial charge on any atom is 0.409 e. The summed E-state index contributed by atoms with van der Waals surface area (Å²) in [6.45, 7) is 10.8. The van der Waals surface area contributed by atoms with Crippen molar-refractivity contribution in [3.05, 3.63) is 0 Å². The highest BCUT2D eigenvalue weighted by Gasteiger charge is 2.23. The molecule has 1 rings (SSSR count). The monoisotopic (exact) mass is 486 g/mol. The number of piperazine rings is 1. The Kier molecular flexibility index (Phi) is 15.9. The van der Waals surface area contributed by atoms with E-state index in [1.54, 1.807) is 12.0 Å². The molecular formula is C17H35IN4O4. The summed E-state index contributed by atoms with van der Waals surface area (Å²) in [5.41, 5.74) is 0. The van der Waals surface area contributed by atoms with Gasteiger partial charge in [0.2, 0.25) is 0 Å². The predicted molar refractivity (Wildman–Crippen MR) is 113 cm³/mol. The van der Waals surface area contributed by atoms with E-state index in [0.29, 0.717) is 32.9 Å². The van der Waals surface area contributed by atoms with Gasteiger partial charge in [-0.3, -0.25) is 4.99 Å². The average Bonchev–Trinajstić information content (AvgIpc) is 2.63. The molecule has 9 heteroatoms. The van der Waals surface area contributed by atoms with Crippen LogP contribution in [0.15, 0.2) is 4.99 Å². The SMILES string of the molecule is CCNC(=NCCCCOCCOC)N1CCN(C(=O)OCC)CC1.I. The Morgan fingerprint density at radius 2 is 1.73 bits per heavy atom. The lowest BCUT2D eigenvalue weighted by atomic mass is 10.3. The van der Waals surface area contributed by atoms with Gasteiger partial charge in [-0.05, 0) is 26.7 Å². The summed E-state index contributed by atoms with van der Waals surface area (Å²) in [7, 11) is 1.67. The summed E-state index contributed by atoms with van der Waals surface area (Å²) in [4.78, 5) is 20.4. The normalized spacial score (nSPS) is 14.8. The molecule has 0 aromatic heterocycles. The van der Waals surface area contributed by atoms with Gasteiger partial charge in [0.25, 0.3) is 0 Å². The number of amides is 1. The second-order valence-electron chi connectivity index (χ2n) is 5.72. The number of carbonyl (C=O) groups is 1. The standard InChI is InChI=1S/C17H34N4O4.HI/c1-4-18-16(19-8-6-7-13-24-15-14-23-3)20-9-11-21(12-10-20)17(22)25-5-2;/h4-15H2,1-3H3,(H,18,19);1H. The molecule has 1 aliphatic rings. The van der Waals surface area contributed by atoms with Crippen LogP contribution in [0.3, 0.4) is 0 Å². The van der Waals surface area contributed by atoms with Crippen LogP contribution in [0, 0.1) is 0 Å². The van der Waals surface area contributed by atoms with Gasteiger partial charge in [0.05, 0.1) is 19.8 Å². The Hall–Kier alpha value is -0.810. The zero-order valence-electron chi connectivity index (χ0n) is 16.4. The minimum atomic E-state index is -0.224. The van der Waals surface area contributed by atoms with Gasteiger partial charge in [-0.1, -0.05) is 0 Å². The number of hydrogen-bond acceptors (Lipinski definition) is 5. The first-order valence-electron chi connectivity index (χ1n) is 9.24. The predicted octanol–water partition coefficient (Wildman–Crippen LogP) is 1.79. The van der Waals surface area contributed by atoms with Crippen LogP contribution in [0.4, 0.5) is 4.79 Å². The highest BCUT2D eigenvalue weighted by molar-refractivity contribution is 14.0. The molecule has 0 aromatic rings. The van der Waals surface area contributed by atoms with E-state index >= 15 is 0 Å². The highest BCUT2D eigenvalue weighted by Crippen LogP contribution is 2.05. The van der Waals surface area contributed by atoms with Crippen molar-refractivity contribution >= 4 is 36.0 Å². The zero-order valence-corrected chi connectivity index (χ0v) is 18.7. The molecule has 1 aliphatic heterocycles. The molecule has 0 spiro atoms. The Bertz CT molecular complexity index is 391. The van der Waals surface area contributed by atoms with Crippen molar-refractivity contribution in [3.8, 4) is 0 Å². The van der Waals surface area contributed by atoms with Crippen LogP contribution in [0.5, 0.6) is 0 Å².